The summed E-state index contributed by atoms with van der Waals surface area (Å²) in [4.78, 5) is 23.7. The largest absolute Gasteiger partial charge is 0.504 e. The van der Waals surface area contributed by atoms with E-state index in [9.17, 15) is 14.7 Å². The normalized spacial score (nSPS) is 14.9. The predicted molar refractivity (Wildman–Crippen MR) is 99.7 cm³/mol. The van der Waals surface area contributed by atoms with Gasteiger partial charge in [-0.15, -0.1) is 0 Å². The molecule has 1 aliphatic carbocycles. The van der Waals surface area contributed by atoms with Crippen molar-refractivity contribution >= 4 is 17.4 Å². The molecule has 0 saturated heterocycles. The molecule has 0 spiro atoms. The lowest BCUT2D eigenvalue weighted by Gasteiger charge is -2.21. The van der Waals surface area contributed by atoms with Crippen LogP contribution in [0, 0.1) is 0 Å². The number of ketones is 1. The Morgan fingerprint density at radius 2 is 1.96 bits per heavy atom. The third-order valence-electron chi connectivity index (χ3n) is 4.79. The summed E-state index contributed by atoms with van der Waals surface area (Å²) >= 11 is 0. The number of hydrogen-bond donors (Lipinski definition) is 2. The lowest BCUT2D eigenvalue weighted by Crippen LogP contribution is -2.15. The minimum atomic E-state index is -0.131. The van der Waals surface area contributed by atoms with Gasteiger partial charge in [0.1, 0.15) is 5.78 Å². The van der Waals surface area contributed by atoms with E-state index in [1.54, 1.807) is 12.1 Å². The Balaban J connectivity index is 1.64. The third-order valence-corrected chi connectivity index (χ3v) is 4.79. The number of anilines is 1. The Kier molecular flexibility index (Phi) is 5.56. The van der Waals surface area contributed by atoms with Crippen LogP contribution >= 0.6 is 0 Å². The number of carbonyl (C=O) groups is 2. The number of benzene rings is 2. The van der Waals surface area contributed by atoms with Gasteiger partial charge >= 0.3 is 0 Å². The minimum absolute atomic E-state index is 0.0512. The highest BCUT2D eigenvalue weighted by molar-refractivity contribution is 5.92. The average molecular weight is 353 g/mol. The van der Waals surface area contributed by atoms with Gasteiger partial charge in [-0.05, 0) is 54.2 Å². The van der Waals surface area contributed by atoms with Gasteiger partial charge in [-0.1, -0.05) is 18.2 Å². The Hall–Kier alpha value is -2.82. The number of aromatic hydroxyl groups is 1. The summed E-state index contributed by atoms with van der Waals surface area (Å²) in [6.07, 6.45) is 3.24. The van der Waals surface area contributed by atoms with Crippen LogP contribution in [-0.2, 0) is 16.0 Å². The van der Waals surface area contributed by atoms with E-state index >= 15 is 0 Å². The van der Waals surface area contributed by atoms with Crippen LogP contribution in [-0.4, -0.2) is 23.9 Å². The van der Waals surface area contributed by atoms with E-state index in [0.717, 1.165) is 24.1 Å². The molecule has 26 heavy (non-hydrogen) atoms. The number of phenolic OH excluding ortho intramolecular Hbond substituents is 1. The van der Waals surface area contributed by atoms with Crippen LogP contribution < -0.4 is 10.1 Å². The number of rotatable bonds is 5. The van der Waals surface area contributed by atoms with Gasteiger partial charge in [0.05, 0.1) is 13.5 Å². The van der Waals surface area contributed by atoms with Crippen molar-refractivity contribution in [2.75, 3.05) is 12.4 Å². The maximum absolute atomic E-state index is 12.3. The average Bonchev–Trinajstić information content (AvgIpc) is 2.64. The number of phenols is 1. The van der Waals surface area contributed by atoms with E-state index in [1.165, 1.54) is 18.7 Å². The highest BCUT2D eigenvalue weighted by Crippen LogP contribution is 2.32. The van der Waals surface area contributed by atoms with Crippen molar-refractivity contribution < 1.29 is 19.4 Å². The summed E-state index contributed by atoms with van der Waals surface area (Å²) in [5.41, 5.74) is 2.69. The molecule has 2 N–H and O–H groups in total. The van der Waals surface area contributed by atoms with Crippen molar-refractivity contribution in [1.82, 2.24) is 0 Å². The van der Waals surface area contributed by atoms with Crippen LogP contribution in [0.4, 0.5) is 5.69 Å². The Bertz CT molecular complexity index is 805. The summed E-state index contributed by atoms with van der Waals surface area (Å²) in [6.45, 7) is 0. The first kappa shape index (κ1) is 18.0. The van der Waals surface area contributed by atoms with Crippen molar-refractivity contribution in [1.29, 1.82) is 0 Å². The molecule has 2 aromatic rings. The molecule has 0 heterocycles. The zero-order valence-corrected chi connectivity index (χ0v) is 14.8. The van der Waals surface area contributed by atoms with E-state index in [-0.39, 0.29) is 18.1 Å². The molecule has 2 aromatic carbocycles. The van der Waals surface area contributed by atoms with Crippen LogP contribution in [0.1, 0.15) is 42.7 Å². The van der Waals surface area contributed by atoms with Gasteiger partial charge in [0.2, 0.25) is 5.91 Å². The Morgan fingerprint density at radius 1 is 1.19 bits per heavy atom. The standard InChI is InChI=1S/C21H23NO4/c1-26-20-11-14(5-10-19(20)24)12-21(25)22-17-4-2-3-16(13-17)15-6-8-18(23)9-7-15/h2-5,10-11,13,15,24H,6-9,12H2,1H3,(H,22,25). The first-order chi connectivity index (χ1) is 12.5. The molecule has 0 unspecified atom stereocenters. The van der Waals surface area contributed by atoms with E-state index in [0.29, 0.717) is 30.3 Å². The molecule has 1 amide bonds. The molecule has 0 aromatic heterocycles. The maximum Gasteiger partial charge on any atom is 0.228 e. The molecule has 1 fully saturated rings. The second-order valence-corrected chi connectivity index (χ2v) is 6.67. The van der Waals surface area contributed by atoms with E-state index in [1.807, 2.05) is 18.2 Å². The molecule has 1 aliphatic rings. The maximum atomic E-state index is 12.3. The van der Waals surface area contributed by atoms with Gasteiger partial charge in [0.25, 0.3) is 0 Å². The zero-order valence-electron chi connectivity index (χ0n) is 14.8. The molecule has 5 heteroatoms. The van der Waals surface area contributed by atoms with Crippen LogP contribution in [0.25, 0.3) is 0 Å². The SMILES string of the molecule is COc1cc(CC(=O)Nc2cccc(C3CCC(=O)CC3)c2)ccc1O. The number of carbonyl (C=O) groups excluding carboxylic acids is 2. The number of amides is 1. The van der Waals surface area contributed by atoms with Crippen LogP contribution in [0.15, 0.2) is 42.5 Å². The predicted octanol–water partition coefficient (Wildman–Crippen LogP) is 3.81. The molecule has 0 bridgehead atoms. The Labute approximate surface area is 153 Å². The molecule has 3 rings (SSSR count). The molecule has 0 atom stereocenters. The number of methoxy groups -OCH3 is 1. The van der Waals surface area contributed by atoms with Gasteiger partial charge in [-0.25, -0.2) is 0 Å². The quantitative estimate of drug-likeness (QED) is 0.857. The lowest BCUT2D eigenvalue weighted by atomic mass is 9.83. The fourth-order valence-electron chi connectivity index (χ4n) is 3.37. The zero-order chi connectivity index (χ0) is 18.5. The Morgan fingerprint density at radius 3 is 2.69 bits per heavy atom. The second kappa shape index (κ2) is 8.04. The molecule has 0 radical (unpaired) electrons. The van der Waals surface area contributed by atoms with Crippen molar-refractivity contribution in [3.63, 3.8) is 0 Å². The molecule has 0 aliphatic heterocycles. The monoisotopic (exact) mass is 353 g/mol. The molecule has 136 valence electrons. The van der Waals surface area contributed by atoms with Gasteiger partial charge in [0, 0.05) is 18.5 Å². The fourth-order valence-corrected chi connectivity index (χ4v) is 3.37. The summed E-state index contributed by atoms with van der Waals surface area (Å²) in [5.74, 6) is 0.995. The molecular weight excluding hydrogens is 330 g/mol. The van der Waals surface area contributed by atoms with Crippen LogP contribution in [0.5, 0.6) is 11.5 Å². The van der Waals surface area contributed by atoms with Crippen LogP contribution in [0.2, 0.25) is 0 Å². The summed E-state index contributed by atoms with van der Waals surface area (Å²) in [6, 6.07) is 12.7. The van der Waals surface area contributed by atoms with E-state index in [2.05, 4.69) is 11.4 Å². The van der Waals surface area contributed by atoms with Crippen molar-refractivity contribution in [2.24, 2.45) is 0 Å². The number of nitrogens with one attached hydrogen (secondary N) is 1. The summed E-state index contributed by atoms with van der Waals surface area (Å²) < 4.78 is 5.07. The van der Waals surface area contributed by atoms with E-state index in [4.69, 9.17) is 4.74 Å². The first-order valence-corrected chi connectivity index (χ1v) is 8.82. The molecule has 5 nitrogen and oxygen atoms in total. The lowest BCUT2D eigenvalue weighted by molar-refractivity contribution is -0.120. The van der Waals surface area contributed by atoms with Gasteiger partial charge in [0.15, 0.2) is 11.5 Å². The highest BCUT2D eigenvalue weighted by Gasteiger charge is 2.20. The fraction of sp³-hybridized carbons (Fsp3) is 0.333. The van der Waals surface area contributed by atoms with Gasteiger partial charge in [-0.3, -0.25) is 9.59 Å². The highest BCUT2D eigenvalue weighted by atomic mass is 16.5. The smallest absolute Gasteiger partial charge is 0.228 e. The van der Waals surface area contributed by atoms with Crippen LogP contribution in [0.3, 0.4) is 0 Å². The third kappa shape index (κ3) is 4.42. The van der Waals surface area contributed by atoms with Gasteiger partial charge in [-0.2, -0.15) is 0 Å². The van der Waals surface area contributed by atoms with E-state index < -0.39 is 0 Å². The minimum Gasteiger partial charge on any atom is -0.504 e. The van der Waals surface area contributed by atoms with Gasteiger partial charge < -0.3 is 15.2 Å². The number of Topliss-reactive ketones (excluding diaryl/α,β-unsaturated/α-hetero) is 1. The molecular formula is C21H23NO4. The number of ether oxygens (including phenoxy) is 1. The van der Waals surface area contributed by atoms with Crippen molar-refractivity contribution in [2.45, 2.75) is 38.0 Å². The first-order valence-electron chi connectivity index (χ1n) is 8.82. The van der Waals surface area contributed by atoms with Crippen molar-refractivity contribution in [3.05, 3.63) is 53.6 Å². The van der Waals surface area contributed by atoms with Crippen molar-refractivity contribution in [3.8, 4) is 11.5 Å². The molecule has 1 saturated carbocycles. The summed E-state index contributed by atoms with van der Waals surface area (Å²) in [5, 5.41) is 12.5. The summed E-state index contributed by atoms with van der Waals surface area (Å²) in [7, 11) is 1.48. The number of hydrogen-bond acceptors (Lipinski definition) is 4. The topological polar surface area (TPSA) is 75.6 Å². The second-order valence-electron chi connectivity index (χ2n) is 6.67.